The first-order chi connectivity index (χ1) is 7.52. The van der Waals surface area contributed by atoms with Crippen LogP contribution in [0.1, 0.15) is 46.5 Å². The van der Waals surface area contributed by atoms with Gasteiger partial charge in [0.1, 0.15) is 0 Å². The zero-order valence-electron chi connectivity index (χ0n) is 10.7. The average molecular weight is 227 g/mol. The van der Waals surface area contributed by atoms with Crippen molar-refractivity contribution >= 4 is 5.97 Å². The van der Waals surface area contributed by atoms with Crippen LogP contribution in [0.15, 0.2) is 0 Å². The Hall–Kier alpha value is -0.570. The van der Waals surface area contributed by atoms with Crippen LogP contribution in [-0.4, -0.2) is 23.7 Å². The Labute approximate surface area is 98.6 Å². The fraction of sp³-hybridized carbons (Fsp3) is 0.923. The molecule has 2 N–H and O–H groups in total. The molecule has 0 aromatic carbocycles. The number of carbonyl (C=O) groups is 1. The number of carboxylic acid groups (broad SMARTS) is 1. The molecular formula is C13H25NO2. The Morgan fingerprint density at radius 2 is 1.94 bits per heavy atom. The van der Waals surface area contributed by atoms with Gasteiger partial charge in [-0.15, -0.1) is 0 Å². The van der Waals surface area contributed by atoms with Crippen LogP contribution in [0.3, 0.4) is 0 Å². The van der Waals surface area contributed by atoms with Crippen LogP contribution in [0.2, 0.25) is 0 Å². The molecule has 1 aliphatic rings. The van der Waals surface area contributed by atoms with Crippen molar-refractivity contribution in [3.8, 4) is 0 Å². The highest BCUT2D eigenvalue weighted by Gasteiger charge is 2.27. The first-order valence-corrected chi connectivity index (χ1v) is 6.48. The molecule has 0 aliphatic heterocycles. The van der Waals surface area contributed by atoms with Crippen LogP contribution >= 0.6 is 0 Å². The molecule has 0 spiro atoms. The van der Waals surface area contributed by atoms with E-state index in [2.05, 4.69) is 19.2 Å². The van der Waals surface area contributed by atoms with Gasteiger partial charge >= 0.3 is 5.97 Å². The summed E-state index contributed by atoms with van der Waals surface area (Å²) in [7, 11) is 0. The van der Waals surface area contributed by atoms with E-state index in [0.29, 0.717) is 18.5 Å². The van der Waals surface area contributed by atoms with Crippen molar-refractivity contribution in [3.05, 3.63) is 0 Å². The van der Waals surface area contributed by atoms with E-state index in [4.69, 9.17) is 5.11 Å². The Kier molecular flexibility index (Phi) is 5.26. The van der Waals surface area contributed by atoms with Crippen molar-refractivity contribution < 1.29 is 9.90 Å². The molecular weight excluding hydrogens is 202 g/mol. The van der Waals surface area contributed by atoms with Gasteiger partial charge in [0.05, 0.1) is 5.92 Å². The third-order valence-electron chi connectivity index (χ3n) is 3.78. The minimum Gasteiger partial charge on any atom is -0.481 e. The van der Waals surface area contributed by atoms with Gasteiger partial charge in [0.25, 0.3) is 0 Å². The molecule has 3 atom stereocenters. The summed E-state index contributed by atoms with van der Waals surface area (Å²) in [5, 5.41) is 12.3. The predicted molar refractivity (Wildman–Crippen MR) is 65.4 cm³/mol. The number of hydrogen-bond acceptors (Lipinski definition) is 2. The van der Waals surface area contributed by atoms with E-state index >= 15 is 0 Å². The molecule has 3 unspecified atom stereocenters. The molecule has 0 aromatic heterocycles. The molecule has 0 amide bonds. The van der Waals surface area contributed by atoms with Gasteiger partial charge in [0.2, 0.25) is 0 Å². The molecule has 3 nitrogen and oxygen atoms in total. The maximum absolute atomic E-state index is 10.7. The van der Waals surface area contributed by atoms with Crippen LogP contribution in [0.25, 0.3) is 0 Å². The van der Waals surface area contributed by atoms with Crippen molar-refractivity contribution in [2.24, 2.45) is 17.8 Å². The summed E-state index contributed by atoms with van der Waals surface area (Å²) < 4.78 is 0. The van der Waals surface area contributed by atoms with E-state index in [1.165, 1.54) is 25.7 Å². The van der Waals surface area contributed by atoms with E-state index < -0.39 is 5.97 Å². The van der Waals surface area contributed by atoms with Gasteiger partial charge in [-0.05, 0) is 24.7 Å². The normalized spacial score (nSPS) is 28.0. The zero-order valence-corrected chi connectivity index (χ0v) is 10.7. The number of aliphatic carboxylic acids is 1. The molecule has 0 heterocycles. The molecule has 16 heavy (non-hydrogen) atoms. The van der Waals surface area contributed by atoms with Crippen LogP contribution < -0.4 is 5.32 Å². The summed E-state index contributed by atoms with van der Waals surface area (Å²) >= 11 is 0. The highest BCUT2D eigenvalue weighted by molar-refractivity contribution is 5.69. The molecule has 1 saturated carbocycles. The smallest absolute Gasteiger partial charge is 0.307 e. The van der Waals surface area contributed by atoms with Gasteiger partial charge in [0.15, 0.2) is 0 Å². The summed E-state index contributed by atoms with van der Waals surface area (Å²) in [5.74, 6) is 0.423. The van der Waals surface area contributed by atoms with E-state index in [0.717, 1.165) is 5.92 Å². The SMILES string of the molecule is CC(CNC1CCCCC1C(C)C)C(=O)O. The molecule has 0 bridgehead atoms. The van der Waals surface area contributed by atoms with E-state index in [9.17, 15) is 4.79 Å². The average Bonchev–Trinajstić information content (AvgIpc) is 2.25. The highest BCUT2D eigenvalue weighted by atomic mass is 16.4. The monoisotopic (exact) mass is 227 g/mol. The number of hydrogen-bond donors (Lipinski definition) is 2. The van der Waals surface area contributed by atoms with Gasteiger partial charge in [-0.1, -0.05) is 33.6 Å². The Bertz CT molecular complexity index is 228. The van der Waals surface area contributed by atoms with Crippen molar-refractivity contribution in [1.29, 1.82) is 0 Å². The minimum absolute atomic E-state index is 0.283. The number of rotatable bonds is 5. The van der Waals surface area contributed by atoms with Gasteiger partial charge in [-0.25, -0.2) is 0 Å². The zero-order chi connectivity index (χ0) is 12.1. The first-order valence-electron chi connectivity index (χ1n) is 6.48. The van der Waals surface area contributed by atoms with Gasteiger partial charge in [-0.2, -0.15) is 0 Å². The van der Waals surface area contributed by atoms with Crippen LogP contribution in [0.5, 0.6) is 0 Å². The third kappa shape index (κ3) is 3.78. The Balaban J connectivity index is 2.41. The molecule has 3 heteroatoms. The van der Waals surface area contributed by atoms with Gasteiger partial charge in [0, 0.05) is 12.6 Å². The minimum atomic E-state index is -0.704. The Morgan fingerprint density at radius 3 is 2.50 bits per heavy atom. The fourth-order valence-electron chi connectivity index (χ4n) is 2.63. The molecule has 1 fully saturated rings. The lowest BCUT2D eigenvalue weighted by atomic mass is 9.78. The van der Waals surface area contributed by atoms with Gasteiger partial charge < -0.3 is 10.4 Å². The molecule has 94 valence electrons. The van der Waals surface area contributed by atoms with Gasteiger partial charge in [-0.3, -0.25) is 4.79 Å². The summed E-state index contributed by atoms with van der Waals surface area (Å²) in [6, 6.07) is 0.524. The Morgan fingerprint density at radius 1 is 1.31 bits per heavy atom. The quantitative estimate of drug-likeness (QED) is 0.758. The molecule has 1 rings (SSSR count). The lowest BCUT2D eigenvalue weighted by Crippen LogP contribution is -2.43. The van der Waals surface area contributed by atoms with Crippen LogP contribution in [-0.2, 0) is 4.79 Å². The molecule has 0 radical (unpaired) electrons. The highest BCUT2D eigenvalue weighted by Crippen LogP contribution is 2.30. The first kappa shape index (κ1) is 13.5. The van der Waals surface area contributed by atoms with Crippen molar-refractivity contribution in [3.63, 3.8) is 0 Å². The van der Waals surface area contributed by atoms with E-state index in [-0.39, 0.29) is 5.92 Å². The molecule has 0 aromatic rings. The lowest BCUT2D eigenvalue weighted by Gasteiger charge is -2.35. The second kappa shape index (κ2) is 6.24. The largest absolute Gasteiger partial charge is 0.481 e. The summed E-state index contributed by atoms with van der Waals surface area (Å²) in [6.07, 6.45) is 5.10. The molecule has 1 aliphatic carbocycles. The lowest BCUT2D eigenvalue weighted by molar-refractivity contribution is -0.141. The number of carboxylic acids is 1. The number of nitrogens with one attached hydrogen (secondary N) is 1. The van der Waals surface area contributed by atoms with Crippen LogP contribution in [0, 0.1) is 17.8 Å². The predicted octanol–water partition coefficient (Wildman–Crippen LogP) is 2.51. The van der Waals surface area contributed by atoms with E-state index in [1.54, 1.807) is 6.92 Å². The third-order valence-corrected chi connectivity index (χ3v) is 3.78. The fourth-order valence-corrected chi connectivity index (χ4v) is 2.63. The van der Waals surface area contributed by atoms with Crippen molar-refractivity contribution in [2.75, 3.05) is 6.54 Å². The second-order valence-corrected chi connectivity index (χ2v) is 5.45. The maximum Gasteiger partial charge on any atom is 0.307 e. The van der Waals surface area contributed by atoms with Crippen molar-refractivity contribution in [2.45, 2.75) is 52.5 Å². The standard InChI is InChI=1S/C13H25NO2/c1-9(2)11-6-4-5-7-12(11)14-8-10(3)13(15)16/h9-12,14H,4-8H2,1-3H3,(H,15,16). The summed E-state index contributed by atoms with van der Waals surface area (Å²) in [4.78, 5) is 10.7. The summed E-state index contributed by atoms with van der Waals surface area (Å²) in [5.41, 5.74) is 0. The van der Waals surface area contributed by atoms with E-state index in [1.807, 2.05) is 0 Å². The topological polar surface area (TPSA) is 49.3 Å². The van der Waals surface area contributed by atoms with Crippen LogP contribution in [0.4, 0.5) is 0 Å². The summed E-state index contributed by atoms with van der Waals surface area (Å²) in [6.45, 7) is 6.91. The molecule has 0 saturated heterocycles. The second-order valence-electron chi connectivity index (χ2n) is 5.45. The maximum atomic E-state index is 10.7. The van der Waals surface area contributed by atoms with Crippen molar-refractivity contribution in [1.82, 2.24) is 5.32 Å².